The van der Waals surface area contributed by atoms with Gasteiger partial charge in [0.05, 0.1) is 4.90 Å². The summed E-state index contributed by atoms with van der Waals surface area (Å²) in [6.45, 7) is 1.67. The Hall–Kier alpha value is -1.65. The van der Waals surface area contributed by atoms with Crippen LogP contribution in [0.3, 0.4) is 0 Å². The third-order valence-electron chi connectivity index (χ3n) is 3.08. The van der Waals surface area contributed by atoms with E-state index in [1.54, 1.807) is 19.1 Å². The van der Waals surface area contributed by atoms with Gasteiger partial charge in [-0.25, -0.2) is 0 Å². The van der Waals surface area contributed by atoms with Crippen molar-refractivity contribution in [2.75, 3.05) is 0 Å². The molecule has 0 amide bonds. The van der Waals surface area contributed by atoms with Gasteiger partial charge in [-0.05, 0) is 42.5 Å². The van der Waals surface area contributed by atoms with Gasteiger partial charge in [0.25, 0.3) is 10.1 Å². The topological polar surface area (TPSA) is 54.4 Å². The van der Waals surface area contributed by atoms with E-state index in [0.29, 0.717) is 5.56 Å². The first-order valence-corrected chi connectivity index (χ1v) is 7.52. The van der Waals surface area contributed by atoms with E-state index in [1.165, 1.54) is 5.56 Å². The summed E-state index contributed by atoms with van der Waals surface area (Å²) in [5, 5.41) is 0. The minimum atomic E-state index is -4.14. The molecule has 0 heterocycles. The fourth-order valence-corrected chi connectivity index (χ4v) is 2.79. The Morgan fingerprint density at radius 3 is 2.21 bits per heavy atom. The molecular weight excluding hydrogens is 260 g/mol. The molecule has 0 unspecified atom stereocenters. The highest BCUT2D eigenvalue weighted by Crippen LogP contribution is 2.18. The zero-order valence-electron chi connectivity index (χ0n) is 10.7. The number of benzene rings is 2. The van der Waals surface area contributed by atoms with E-state index in [1.807, 2.05) is 36.4 Å². The van der Waals surface area contributed by atoms with Gasteiger partial charge in [0.15, 0.2) is 0 Å². The lowest BCUT2D eigenvalue weighted by Gasteiger charge is -2.07. The molecule has 0 aliphatic rings. The van der Waals surface area contributed by atoms with Crippen LogP contribution < -0.4 is 0 Å². The van der Waals surface area contributed by atoms with Crippen molar-refractivity contribution in [2.45, 2.75) is 24.7 Å². The van der Waals surface area contributed by atoms with Crippen LogP contribution in [0.15, 0.2) is 53.4 Å². The fraction of sp³-hybridized carbons (Fsp3) is 0.200. The van der Waals surface area contributed by atoms with Gasteiger partial charge in [0, 0.05) is 0 Å². The van der Waals surface area contributed by atoms with Crippen LogP contribution in [0.4, 0.5) is 0 Å². The second-order valence-corrected chi connectivity index (χ2v) is 5.95. The van der Waals surface area contributed by atoms with E-state index in [9.17, 15) is 8.42 Å². The summed E-state index contributed by atoms with van der Waals surface area (Å²) in [6, 6.07) is 15.2. The second-order valence-electron chi connectivity index (χ2n) is 4.56. The van der Waals surface area contributed by atoms with Gasteiger partial charge in [-0.2, -0.15) is 8.42 Å². The Kier molecular flexibility index (Phi) is 4.02. The Morgan fingerprint density at radius 2 is 1.58 bits per heavy atom. The summed E-state index contributed by atoms with van der Waals surface area (Å²) in [5.41, 5.74) is 2.67. The van der Waals surface area contributed by atoms with Crippen molar-refractivity contribution in [3.63, 3.8) is 0 Å². The van der Waals surface area contributed by atoms with Gasteiger partial charge >= 0.3 is 0 Å². The first kappa shape index (κ1) is 13.8. The third-order valence-corrected chi connectivity index (χ3v) is 4.07. The molecule has 0 fully saturated rings. The Balaban J connectivity index is 2.18. The molecule has 2 rings (SSSR count). The van der Waals surface area contributed by atoms with Crippen LogP contribution >= 0.6 is 0 Å². The SMILES string of the molecule is Cc1ccc(CCc2ccccc2)cc1S(=O)(=O)O. The summed E-state index contributed by atoms with van der Waals surface area (Å²) < 4.78 is 31.6. The number of aryl methyl sites for hydroxylation is 3. The highest BCUT2D eigenvalue weighted by molar-refractivity contribution is 7.85. The predicted molar refractivity (Wildman–Crippen MR) is 74.8 cm³/mol. The van der Waals surface area contributed by atoms with Crippen molar-refractivity contribution < 1.29 is 13.0 Å². The number of hydrogen-bond donors (Lipinski definition) is 1. The summed E-state index contributed by atoms with van der Waals surface area (Å²) in [5.74, 6) is 0. The molecule has 2 aromatic rings. The third kappa shape index (κ3) is 3.66. The molecule has 0 saturated carbocycles. The first-order valence-electron chi connectivity index (χ1n) is 6.08. The molecule has 0 aromatic heterocycles. The molecule has 2 aromatic carbocycles. The van der Waals surface area contributed by atoms with Crippen LogP contribution in [0.25, 0.3) is 0 Å². The molecule has 3 nitrogen and oxygen atoms in total. The fourth-order valence-electron chi connectivity index (χ4n) is 2.01. The lowest BCUT2D eigenvalue weighted by molar-refractivity contribution is 0.482. The highest BCUT2D eigenvalue weighted by atomic mass is 32.2. The predicted octanol–water partition coefficient (Wildman–Crippen LogP) is 3.03. The van der Waals surface area contributed by atoms with E-state index >= 15 is 0 Å². The Bertz CT molecular complexity index is 661. The molecule has 0 aliphatic heterocycles. The summed E-state index contributed by atoms with van der Waals surface area (Å²) >= 11 is 0. The van der Waals surface area contributed by atoms with Gasteiger partial charge in [-0.1, -0.05) is 42.5 Å². The quantitative estimate of drug-likeness (QED) is 0.873. The molecule has 0 bridgehead atoms. The van der Waals surface area contributed by atoms with Crippen LogP contribution in [-0.4, -0.2) is 13.0 Å². The number of rotatable bonds is 4. The molecule has 0 saturated heterocycles. The van der Waals surface area contributed by atoms with E-state index in [4.69, 9.17) is 4.55 Å². The lowest BCUT2D eigenvalue weighted by atomic mass is 10.0. The van der Waals surface area contributed by atoms with E-state index < -0.39 is 10.1 Å². The van der Waals surface area contributed by atoms with Gasteiger partial charge in [0.1, 0.15) is 0 Å². The lowest BCUT2D eigenvalue weighted by Crippen LogP contribution is -2.02. The minimum Gasteiger partial charge on any atom is -0.282 e. The van der Waals surface area contributed by atoms with Gasteiger partial charge in [-0.3, -0.25) is 4.55 Å². The Morgan fingerprint density at radius 1 is 0.947 bits per heavy atom. The first-order chi connectivity index (χ1) is 8.97. The minimum absolute atomic E-state index is 0.00179. The molecule has 0 atom stereocenters. The van der Waals surface area contributed by atoms with Crippen molar-refractivity contribution in [1.82, 2.24) is 0 Å². The maximum Gasteiger partial charge on any atom is 0.294 e. The molecular formula is C15H16O3S. The zero-order chi connectivity index (χ0) is 13.9. The van der Waals surface area contributed by atoms with Crippen molar-refractivity contribution in [3.8, 4) is 0 Å². The van der Waals surface area contributed by atoms with Crippen LogP contribution in [0, 0.1) is 6.92 Å². The smallest absolute Gasteiger partial charge is 0.282 e. The van der Waals surface area contributed by atoms with E-state index in [-0.39, 0.29) is 4.90 Å². The van der Waals surface area contributed by atoms with Crippen molar-refractivity contribution in [1.29, 1.82) is 0 Å². The largest absolute Gasteiger partial charge is 0.294 e. The van der Waals surface area contributed by atoms with Crippen molar-refractivity contribution in [2.24, 2.45) is 0 Å². The summed E-state index contributed by atoms with van der Waals surface area (Å²) in [7, 11) is -4.14. The van der Waals surface area contributed by atoms with Gasteiger partial charge in [-0.15, -0.1) is 0 Å². The van der Waals surface area contributed by atoms with E-state index in [2.05, 4.69) is 0 Å². The van der Waals surface area contributed by atoms with Crippen molar-refractivity contribution >= 4 is 10.1 Å². The molecule has 19 heavy (non-hydrogen) atoms. The maximum absolute atomic E-state index is 11.2. The zero-order valence-corrected chi connectivity index (χ0v) is 11.5. The van der Waals surface area contributed by atoms with Crippen LogP contribution in [-0.2, 0) is 23.0 Å². The Labute approximate surface area is 113 Å². The molecule has 0 radical (unpaired) electrons. The molecule has 1 N–H and O–H groups in total. The van der Waals surface area contributed by atoms with Crippen LogP contribution in [0.2, 0.25) is 0 Å². The molecule has 4 heteroatoms. The molecule has 0 spiro atoms. The van der Waals surface area contributed by atoms with E-state index in [0.717, 1.165) is 18.4 Å². The maximum atomic E-state index is 11.2. The van der Waals surface area contributed by atoms with Crippen LogP contribution in [0.1, 0.15) is 16.7 Å². The second kappa shape index (κ2) is 5.55. The number of hydrogen-bond acceptors (Lipinski definition) is 2. The van der Waals surface area contributed by atoms with Gasteiger partial charge < -0.3 is 0 Å². The average Bonchev–Trinajstić information content (AvgIpc) is 2.37. The molecule has 100 valence electrons. The average molecular weight is 276 g/mol. The monoisotopic (exact) mass is 276 g/mol. The standard InChI is InChI=1S/C15H16O3S/c1-12-7-8-14(11-15(12)19(16,17)18)10-9-13-5-3-2-4-6-13/h2-8,11H,9-10H2,1H3,(H,16,17,18). The summed E-state index contributed by atoms with van der Waals surface area (Å²) in [6.07, 6.45) is 1.58. The van der Waals surface area contributed by atoms with Crippen molar-refractivity contribution in [3.05, 3.63) is 65.2 Å². The van der Waals surface area contributed by atoms with Crippen LogP contribution in [0.5, 0.6) is 0 Å². The molecule has 0 aliphatic carbocycles. The normalized spacial score (nSPS) is 11.5. The highest BCUT2D eigenvalue weighted by Gasteiger charge is 2.13. The van der Waals surface area contributed by atoms with Gasteiger partial charge in [0.2, 0.25) is 0 Å². The summed E-state index contributed by atoms with van der Waals surface area (Å²) in [4.78, 5) is -0.00179.